The van der Waals surface area contributed by atoms with Gasteiger partial charge in [0.05, 0.1) is 10.2 Å². The third kappa shape index (κ3) is 5.90. The van der Waals surface area contributed by atoms with Crippen LogP contribution in [0.2, 0.25) is 0 Å². The molecule has 0 bridgehead atoms. The molecule has 0 aliphatic heterocycles. The van der Waals surface area contributed by atoms with Gasteiger partial charge in [0.1, 0.15) is 11.6 Å². The number of carbonyl (C=O) groups is 1. The monoisotopic (exact) mass is 451 g/mol. The van der Waals surface area contributed by atoms with E-state index >= 15 is 0 Å². The number of halogens is 2. The van der Waals surface area contributed by atoms with Gasteiger partial charge >= 0.3 is 0 Å². The Morgan fingerprint density at radius 1 is 1.07 bits per heavy atom. The zero-order valence-corrected chi connectivity index (χ0v) is 19.3. The highest BCUT2D eigenvalue weighted by Gasteiger charge is 2.21. The van der Waals surface area contributed by atoms with Crippen LogP contribution in [0.3, 0.4) is 0 Å². The number of nitrogens with zero attached hydrogens (tertiary/aromatic N) is 3. The van der Waals surface area contributed by atoms with Gasteiger partial charge in [-0.15, -0.1) is 12.4 Å². The second-order valence-corrected chi connectivity index (χ2v) is 8.30. The molecule has 8 heteroatoms. The van der Waals surface area contributed by atoms with Gasteiger partial charge in [0.15, 0.2) is 11.7 Å². The molecule has 1 aromatic heterocycles. The molecule has 1 amide bonds. The highest BCUT2D eigenvalue weighted by atomic mass is 35.5. The average Bonchev–Trinajstić information content (AvgIpc) is 3.14. The lowest BCUT2D eigenvalue weighted by molar-refractivity contribution is -0.120. The number of carbonyl (C=O) groups excluding carboxylic acids is 1. The van der Waals surface area contributed by atoms with Crippen LogP contribution in [0, 0.1) is 19.7 Å². The van der Waals surface area contributed by atoms with Crippen molar-refractivity contribution in [1.29, 1.82) is 0 Å². The molecule has 0 aliphatic rings. The summed E-state index contributed by atoms with van der Waals surface area (Å²) in [4.78, 5) is 21.5. The van der Waals surface area contributed by atoms with Crippen molar-refractivity contribution in [2.75, 3.05) is 38.7 Å². The standard InChI is InChI=1S/C22H26FN3O2S.ClH/c1-15-6-7-16(2)21-20(15)24-22(29-21)26(13-5-12-25(3)4)19(27)14-28-18-10-8-17(23)9-11-18;/h6-11H,5,12-14H2,1-4H3;1H. The van der Waals surface area contributed by atoms with Crippen molar-refractivity contribution in [2.45, 2.75) is 20.3 Å². The molecule has 30 heavy (non-hydrogen) atoms. The minimum absolute atomic E-state index is 0. The van der Waals surface area contributed by atoms with Crippen LogP contribution in [0.25, 0.3) is 10.2 Å². The van der Waals surface area contributed by atoms with E-state index in [1.165, 1.54) is 35.6 Å². The Kier molecular flexibility index (Phi) is 8.58. The fraction of sp³-hybridized carbons (Fsp3) is 0.364. The molecule has 0 saturated heterocycles. The van der Waals surface area contributed by atoms with E-state index in [1.54, 1.807) is 4.90 Å². The average molecular weight is 452 g/mol. The Morgan fingerprint density at radius 3 is 2.37 bits per heavy atom. The largest absolute Gasteiger partial charge is 0.484 e. The molecule has 3 aromatic rings. The molecule has 0 atom stereocenters. The number of benzene rings is 2. The lowest BCUT2D eigenvalue weighted by atomic mass is 10.1. The molecule has 2 aromatic carbocycles. The normalized spacial score (nSPS) is 10.9. The van der Waals surface area contributed by atoms with Crippen molar-refractivity contribution in [3.8, 4) is 5.75 Å². The first-order valence-electron chi connectivity index (χ1n) is 9.55. The van der Waals surface area contributed by atoms with E-state index in [4.69, 9.17) is 9.72 Å². The number of ether oxygens (including phenoxy) is 1. The number of rotatable bonds is 8. The zero-order chi connectivity index (χ0) is 21.0. The maximum Gasteiger partial charge on any atom is 0.266 e. The number of aromatic nitrogens is 1. The molecule has 0 saturated carbocycles. The van der Waals surface area contributed by atoms with Crippen molar-refractivity contribution in [3.05, 3.63) is 53.3 Å². The van der Waals surface area contributed by atoms with Gasteiger partial charge in [-0.1, -0.05) is 23.5 Å². The van der Waals surface area contributed by atoms with Crippen LogP contribution < -0.4 is 9.64 Å². The Hall–Kier alpha value is -2.22. The van der Waals surface area contributed by atoms with E-state index in [-0.39, 0.29) is 30.7 Å². The van der Waals surface area contributed by atoms with E-state index in [9.17, 15) is 9.18 Å². The van der Waals surface area contributed by atoms with Gasteiger partial charge in [-0.25, -0.2) is 9.37 Å². The predicted octanol–water partition coefficient (Wildman–Crippen LogP) is 4.84. The first-order valence-corrected chi connectivity index (χ1v) is 10.4. The number of fused-ring (bicyclic) bond motifs is 1. The smallest absolute Gasteiger partial charge is 0.266 e. The van der Waals surface area contributed by atoms with Gasteiger partial charge in [0.2, 0.25) is 0 Å². The third-order valence-corrected chi connectivity index (χ3v) is 5.84. The molecule has 1 heterocycles. The molecular weight excluding hydrogens is 425 g/mol. The summed E-state index contributed by atoms with van der Waals surface area (Å²) in [7, 11) is 4.02. The van der Waals surface area contributed by atoms with Crippen LogP contribution in [-0.4, -0.2) is 49.6 Å². The molecule has 0 spiro atoms. The molecule has 0 aliphatic carbocycles. The minimum atomic E-state index is -0.339. The van der Waals surface area contributed by atoms with Gasteiger partial charge in [-0.2, -0.15) is 0 Å². The minimum Gasteiger partial charge on any atom is -0.484 e. The Bertz CT molecular complexity index is 953. The molecule has 0 N–H and O–H groups in total. The summed E-state index contributed by atoms with van der Waals surface area (Å²) >= 11 is 1.53. The lowest BCUT2D eigenvalue weighted by Gasteiger charge is -2.21. The summed E-state index contributed by atoms with van der Waals surface area (Å²) < 4.78 is 19.7. The van der Waals surface area contributed by atoms with Crippen LogP contribution in [-0.2, 0) is 4.79 Å². The Labute approximate surface area is 186 Å². The van der Waals surface area contributed by atoms with Crippen molar-refractivity contribution in [2.24, 2.45) is 0 Å². The molecule has 5 nitrogen and oxygen atoms in total. The first kappa shape index (κ1) is 24.1. The van der Waals surface area contributed by atoms with E-state index in [1.807, 2.05) is 21.0 Å². The fourth-order valence-electron chi connectivity index (χ4n) is 2.99. The summed E-state index contributed by atoms with van der Waals surface area (Å²) in [5, 5.41) is 0.684. The maximum atomic E-state index is 13.1. The number of anilines is 1. The highest BCUT2D eigenvalue weighted by Crippen LogP contribution is 2.33. The maximum absolute atomic E-state index is 13.1. The van der Waals surface area contributed by atoms with Crippen LogP contribution in [0.1, 0.15) is 17.5 Å². The van der Waals surface area contributed by atoms with E-state index < -0.39 is 0 Å². The molecule has 0 unspecified atom stereocenters. The molecule has 162 valence electrons. The van der Waals surface area contributed by atoms with Gasteiger partial charge in [0, 0.05) is 6.54 Å². The lowest BCUT2D eigenvalue weighted by Crippen LogP contribution is -2.36. The summed E-state index contributed by atoms with van der Waals surface area (Å²) in [6.45, 7) is 5.38. The summed E-state index contributed by atoms with van der Waals surface area (Å²) in [5.41, 5.74) is 3.18. The van der Waals surface area contributed by atoms with Crippen molar-refractivity contribution in [1.82, 2.24) is 9.88 Å². The van der Waals surface area contributed by atoms with E-state index in [0.29, 0.717) is 17.4 Å². The topological polar surface area (TPSA) is 45.7 Å². The van der Waals surface area contributed by atoms with Gasteiger partial charge in [-0.05, 0) is 76.3 Å². The van der Waals surface area contributed by atoms with Gasteiger partial charge < -0.3 is 9.64 Å². The first-order chi connectivity index (χ1) is 13.8. The summed E-state index contributed by atoms with van der Waals surface area (Å²) in [6.07, 6.45) is 0.823. The van der Waals surface area contributed by atoms with Crippen LogP contribution in [0.4, 0.5) is 9.52 Å². The zero-order valence-electron chi connectivity index (χ0n) is 17.6. The fourth-order valence-corrected chi connectivity index (χ4v) is 4.14. The number of aryl methyl sites for hydroxylation is 2. The van der Waals surface area contributed by atoms with E-state index in [2.05, 4.69) is 24.0 Å². The van der Waals surface area contributed by atoms with Crippen molar-refractivity contribution < 1.29 is 13.9 Å². The summed E-state index contributed by atoms with van der Waals surface area (Å²) in [5.74, 6) is -0.0411. The second-order valence-electron chi connectivity index (χ2n) is 7.32. The van der Waals surface area contributed by atoms with Crippen LogP contribution in [0.5, 0.6) is 5.75 Å². The highest BCUT2D eigenvalue weighted by molar-refractivity contribution is 7.22. The molecule has 0 radical (unpaired) electrons. The number of hydrogen-bond acceptors (Lipinski definition) is 5. The van der Waals surface area contributed by atoms with Crippen LogP contribution >= 0.6 is 23.7 Å². The van der Waals surface area contributed by atoms with E-state index in [0.717, 1.165) is 34.3 Å². The SMILES string of the molecule is Cc1ccc(C)c2sc(N(CCCN(C)C)C(=O)COc3ccc(F)cc3)nc12.Cl. The predicted molar refractivity (Wildman–Crippen MR) is 124 cm³/mol. The summed E-state index contributed by atoms with van der Waals surface area (Å²) in [6, 6.07) is 9.79. The third-order valence-electron chi connectivity index (χ3n) is 4.63. The second kappa shape index (κ2) is 10.7. The van der Waals surface area contributed by atoms with Crippen molar-refractivity contribution in [3.63, 3.8) is 0 Å². The number of thiazole rings is 1. The molecule has 0 fully saturated rings. The number of amides is 1. The van der Waals surface area contributed by atoms with Gasteiger partial charge in [-0.3, -0.25) is 9.69 Å². The van der Waals surface area contributed by atoms with Gasteiger partial charge in [0.25, 0.3) is 5.91 Å². The number of hydrogen-bond donors (Lipinski definition) is 0. The van der Waals surface area contributed by atoms with Crippen LogP contribution in [0.15, 0.2) is 36.4 Å². The Morgan fingerprint density at radius 2 is 1.73 bits per heavy atom. The quantitative estimate of drug-likeness (QED) is 0.491. The van der Waals surface area contributed by atoms with Crippen molar-refractivity contribution >= 4 is 45.0 Å². The Balaban J connectivity index is 0.00000320. The molecular formula is C22H27ClFN3O2S. The molecule has 3 rings (SSSR count).